The average Bonchev–Trinajstić information content (AvgIpc) is 3.38. The lowest BCUT2D eigenvalue weighted by Crippen LogP contribution is -2.39. The van der Waals surface area contributed by atoms with E-state index in [1.165, 1.54) is 31.2 Å². The summed E-state index contributed by atoms with van der Waals surface area (Å²) in [7, 11) is 0. The molecule has 0 aliphatic heterocycles. The van der Waals surface area contributed by atoms with Crippen LogP contribution in [-0.4, -0.2) is 23.8 Å². The molecule has 0 radical (unpaired) electrons. The van der Waals surface area contributed by atoms with Crippen molar-refractivity contribution < 1.29 is 32.2 Å². The van der Waals surface area contributed by atoms with Crippen LogP contribution in [0.2, 0.25) is 5.02 Å². The molecular formula is C21H19BrClF4NO3. The number of ether oxygens (including phenoxy) is 1. The summed E-state index contributed by atoms with van der Waals surface area (Å²) in [4.78, 5) is 12.7. The van der Waals surface area contributed by atoms with Crippen molar-refractivity contribution in [1.29, 1.82) is 0 Å². The number of rotatable bonds is 7. The van der Waals surface area contributed by atoms with Crippen LogP contribution in [-0.2, 0) is 15.9 Å². The van der Waals surface area contributed by atoms with Gasteiger partial charge in [0, 0.05) is 15.1 Å². The van der Waals surface area contributed by atoms with Crippen LogP contribution in [0.3, 0.4) is 0 Å². The lowest BCUT2D eigenvalue weighted by atomic mass is 9.91. The summed E-state index contributed by atoms with van der Waals surface area (Å²) in [5.41, 5.74) is -2.17. The maximum atomic E-state index is 14.2. The first-order valence-electron chi connectivity index (χ1n) is 9.30. The molecule has 0 saturated heterocycles. The summed E-state index contributed by atoms with van der Waals surface area (Å²) in [6.45, 7) is -0.135. The molecule has 3 rings (SSSR count). The van der Waals surface area contributed by atoms with E-state index in [2.05, 4.69) is 21.2 Å². The normalized spacial score (nSPS) is 17.0. The summed E-state index contributed by atoms with van der Waals surface area (Å²) in [5.74, 6) is -1.27. The molecule has 1 unspecified atom stereocenters. The summed E-state index contributed by atoms with van der Waals surface area (Å²) in [5, 5.41) is 13.7. The van der Waals surface area contributed by atoms with Gasteiger partial charge in [0.15, 0.2) is 6.61 Å². The first kappa shape index (κ1) is 23.8. The van der Waals surface area contributed by atoms with Gasteiger partial charge in [-0.3, -0.25) is 4.79 Å². The molecule has 0 heterocycles. The van der Waals surface area contributed by atoms with E-state index in [0.29, 0.717) is 22.9 Å². The molecule has 2 N–H and O–H groups in total. The summed E-state index contributed by atoms with van der Waals surface area (Å²) < 4.78 is 56.7. The van der Waals surface area contributed by atoms with Crippen LogP contribution in [0.1, 0.15) is 37.3 Å². The highest BCUT2D eigenvalue weighted by atomic mass is 79.9. The summed E-state index contributed by atoms with van der Waals surface area (Å²) >= 11 is 9.22. The lowest BCUT2D eigenvalue weighted by Gasteiger charge is -2.27. The zero-order valence-electron chi connectivity index (χ0n) is 16.3. The molecule has 1 aliphatic rings. The Morgan fingerprint density at radius 3 is 2.55 bits per heavy atom. The second-order valence-corrected chi connectivity index (χ2v) is 9.05. The molecule has 4 nitrogen and oxygen atoms in total. The number of carbonyl (C=O) groups is 1. The number of hydrogen-bond acceptors (Lipinski definition) is 3. The van der Waals surface area contributed by atoms with Gasteiger partial charge < -0.3 is 15.2 Å². The molecule has 2 aromatic carbocycles. The molecule has 168 valence electrons. The van der Waals surface area contributed by atoms with Crippen molar-refractivity contribution in [1.82, 2.24) is 5.32 Å². The first-order chi connectivity index (χ1) is 14.3. The first-order valence-corrected chi connectivity index (χ1v) is 10.5. The van der Waals surface area contributed by atoms with Crippen molar-refractivity contribution in [3.63, 3.8) is 0 Å². The number of alkyl halides is 3. The number of amides is 1. The molecule has 1 amide bonds. The van der Waals surface area contributed by atoms with Crippen LogP contribution in [0.25, 0.3) is 0 Å². The fraction of sp³-hybridized carbons (Fsp3) is 0.381. The number of hydrogen-bond donors (Lipinski definition) is 2. The molecular weight excluding hydrogens is 506 g/mol. The van der Waals surface area contributed by atoms with Crippen LogP contribution in [0.15, 0.2) is 40.9 Å². The number of aliphatic hydroxyl groups is 1. The third kappa shape index (κ3) is 5.90. The van der Waals surface area contributed by atoms with E-state index in [9.17, 15) is 27.5 Å². The van der Waals surface area contributed by atoms with Gasteiger partial charge in [0.1, 0.15) is 11.6 Å². The highest BCUT2D eigenvalue weighted by molar-refractivity contribution is 9.10. The largest absolute Gasteiger partial charge is 0.484 e. The highest BCUT2D eigenvalue weighted by Gasteiger charge is 2.47. The minimum atomic E-state index is -4.50. The Kier molecular flexibility index (Phi) is 6.60. The average molecular weight is 525 g/mol. The Hall–Kier alpha value is -1.84. The summed E-state index contributed by atoms with van der Waals surface area (Å²) in [6.07, 6.45) is -3.86. The highest BCUT2D eigenvalue weighted by Crippen LogP contribution is 2.47. The number of benzene rings is 2. The lowest BCUT2D eigenvalue weighted by molar-refractivity contribution is -0.153. The fourth-order valence-electron chi connectivity index (χ4n) is 3.42. The number of halogens is 6. The third-order valence-electron chi connectivity index (χ3n) is 4.96. The standard InChI is InChI=1S/C21H19BrClF4NO3/c1-19(30,18-15(22)3-2-4-16(18)24)10-17(29)28-20(5-6-20)12-7-13(23)9-14(8-12)31-11-21(25,26)27/h2-4,7-9,30H,5-6,10-11H2,1H3,(H,28,29). The molecule has 31 heavy (non-hydrogen) atoms. The Labute approximate surface area is 189 Å². The maximum Gasteiger partial charge on any atom is 0.422 e. The number of nitrogens with one attached hydrogen (secondary N) is 1. The van der Waals surface area contributed by atoms with E-state index < -0.39 is 42.1 Å². The van der Waals surface area contributed by atoms with Gasteiger partial charge in [-0.1, -0.05) is 33.6 Å². The van der Waals surface area contributed by atoms with Crippen LogP contribution >= 0.6 is 27.5 Å². The zero-order chi connectivity index (χ0) is 23.0. The molecule has 0 spiro atoms. The summed E-state index contributed by atoms with van der Waals surface area (Å²) in [6, 6.07) is 8.41. The van der Waals surface area contributed by atoms with Gasteiger partial charge in [-0.15, -0.1) is 0 Å². The molecule has 1 atom stereocenters. The minimum Gasteiger partial charge on any atom is -0.484 e. The predicted octanol–water partition coefficient (Wildman–Crippen LogP) is 5.59. The molecule has 2 aromatic rings. The van der Waals surface area contributed by atoms with Gasteiger partial charge in [-0.05, 0) is 55.7 Å². The van der Waals surface area contributed by atoms with Crippen molar-refractivity contribution in [2.24, 2.45) is 0 Å². The van der Waals surface area contributed by atoms with Crippen molar-refractivity contribution in [3.05, 3.63) is 62.8 Å². The third-order valence-corrected chi connectivity index (χ3v) is 5.84. The van der Waals surface area contributed by atoms with Crippen LogP contribution < -0.4 is 10.1 Å². The van der Waals surface area contributed by atoms with E-state index >= 15 is 0 Å². The van der Waals surface area contributed by atoms with Crippen molar-refractivity contribution >= 4 is 33.4 Å². The zero-order valence-corrected chi connectivity index (χ0v) is 18.7. The second-order valence-electron chi connectivity index (χ2n) is 7.76. The smallest absolute Gasteiger partial charge is 0.422 e. The Balaban J connectivity index is 1.75. The van der Waals surface area contributed by atoms with Crippen molar-refractivity contribution in [2.75, 3.05) is 6.61 Å². The van der Waals surface area contributed by atoms with E-state index in [1.54, 1.807) is 12.1 Å². The van der Waals surface area contributed by atoms with Gasteiger partial charge in [0.25, 0.3) is 0 Å². The molecule has 10 heteroatoms. The molecule has 1 aliphatic carbocycles. The van der Waals surface area contributed by atoms with Crippen molar-refractivity contribution in [3.8, 4) is 5.75 Å². The van der Waals surface area contributed by atoms with Crippen LogP contribution in [0.4, 0.5) is 17.6 Å². The topological polar surface area (TPSA) is 58.6 Å². The number of carbonyl (C=O) groups excluding carboxylic acids is 1. The van der Waals surface area contributed by atoms with Gasteiger partial charge in [0.05, 0.1) is 17.6 Å². The Morgan fingerprint density at radius 2 is 1.97 bits per heavy atom. The maximum absolute atomic E-state index is 14.2. The van der Waals surface area contributed by atoms with E-state index in [1.807, 2.05) is 0 Å². The molecule has 1 saturated carbocycles. The van der Waals surface area contributed by atoms with Crippen molar-refractivity contribution in [2.45, 2.75) is 43.5 Å². The monoisotopic (exact) mass is 523 g/mol. The second kappa shape index (κ2) is 8.60. The van der Waals surface area contributed by atoms with E-state index in [-0.39, 0.29) is 16.3 Å². The molecule has 0 bridgehead atoms. The van der Waals surface area contributed by atoms with E-state index in [4.69, 9.17) is 16.3 Å². The molecule has 1 fully saturated rings. The fourth-order valence-corrected chi connectivity index (χ4v) is 4.42. The van der Waals surface area contributed by atoms with E-state index in [0.717, 1.165) is 0 Å². The predicted molar refractivity (Wildman–Crippen MR) is 110 cm³/mol. The SMILES string of the molecule is CC(O)(CC(=O)NC1(c2cc(Cl)cc(OCC(F)(F)F)c2)CC1)c1c(F)cccc1Br. The quantitative estimate of drug-likeness (QED) is 0.465. The van der Waals surface area contributed by atoms with Crippen LogP contribution in [0, 0.1) is 5.82 Å². The Bertz CT molecular complexity index is 973. The van der Waals surface area contributed by atoms with Gasteiger partial charge in [-0.2, -0.15) is 13.2 Å². The minimum absolute atomic E-state index is 0.0411. The van der Waals surface area contributed by atoms with Gasteiger partial charge in [0.2, 0.25) is 5.91 Å². The van der Waals surface area contributed by atoms with Crippen LogP contribution in [0.5, 0.6) is 5.75 Å². The Morgan fingerprint density at radius 1 is 1.29 bits per heavy atom. The van der Waals surface area contributed by atoms with Gasteiger partial charge >= 0.3 is 6.18 Å². The molecule has 0 aromatic heterocycles. The van der Waals surface area contributed by atoms with Gasteiger partial charge in [-0.25, -0.2) is 4.39 Å².